The molecule has 11 heteroatoms. The molecule has 0 radical (unpaired) electrons. The molecular formula is C31H34ClFN6O2S. The molecule has 0 spiro atoms. The molecule has 1 aromatic heterocycles. The van der Waals surface area contributed by atoms with E-state index in [2.05, 4.69) is 39.2 Å². The molecule has 3 aromatic rings. The third kappa shape index (κ3) is 7.67. The Morgan fingerprint density at radius 2 is 1.74 bits per heavy atom. The molecule has 2 fully saturated rings. The highest BCUT2D eigenvalue weighted by Gasteiger charge is 2.30. The van der Waals surface area contributed by atoms with Crippen molar-refractivity contribution in [2.45, 2.75) is 18.1 Å². The number of carbonyl (C=O) groups is 2. The lowest BCUT2D eigenvalue weighted by atomic mass is 10.1. The zero-order chi connectivity index (χ0) is 29.5. The van der Waals surface area contributed by atoms with E-state index in [1.54, 1.807) is 23.1 Å². The van der Waals surface area contributed by atoms with Crippen LogP contribution in [0.3, 0.4) is 0 Å². The van der Waals surface area contributed by atoms with Crippen molar-refractivity contribution >= 4 is 47.1 Å². The number of nitrogens with zero attached hydrogens (tertiary/aromatic N) is 6. The van der Waals surface area contributed by atoms with Crippen molar-refractivity contribution in [1.29, 1.82) is 0 Å². The highest BCUT2D eigenvalue weighted by Crippen LogP contribution is 2.25. The standard InChI is InChI=1S/C31H34ClFN6O2S/c1-23-21-38(18-19-39(23)30(41)25-11-5-6-12-26(25)33)28-20-27(32)34-31(35-28)42-22-29(40)37-16-14-36(15-17-37)13-7-10-24-8-3-2-4-9-24/h2-12,20,23H,13-19,21-22H2,1H3/b10-7+. The summed E-state index contributed by atoms with van der Waals surface area (Å²) in [7, 11) is 0. The van der Waals surface area contributed by atoms with Crippen LogP contribution in [0.2, 0.25) is 5.15 Å². The molecule has 3 heterocycles. The van der Waals surface area contributed by atoms with E-state index < -0.39 is 5.82 Å². The van der Waals surface area contributed by atoms with Crippen LogP contribution in [0, 0.1) is 5.82 Å². The van der Waals surface area contributed by atoms with Gasteiger partial charge in [0.1, 0.15) is 16.8 Å². The van der Waals surface area contributed by atoms with E-state index in [-0.39, 0.29) is 29.2 Å². The lowest BCUT2D eigenvalue weighted by Crippen LogP contribution is -2.54. The average Bonchev–Trinajstić information content (AvgIpc) is 3.00. The second-order valence-corrected chi connectivity index (χ2v) is 11.7. The first-order chi connectivity index (χ1) is 20.4. The Labute approximate surface area is 255 Å². The molecule has 2 amide bonds. The Hall–Kier alpha value is -3.47. The van der Waals surface area contributed by atoms with E-state index in [9.17, 15) is 14.0 Å². The van der Waals surface area contributed by atoms with Gasteiger partial charge in [-0.25, -0.2) is 14.4 Å². The van der Waals surface area contributed by atoms with Gasteiger partial charge in [0.05, 0.1) is 11.3 Å². The second kappa shape index (κ2) is 14.1. The van der Waals surface area contributed by atoms with Crippen molar-refractivity contribution < 1.29 is 14.0 Å². The Balaban J connectivity index is 1.10. The summed E-state index contributed by atoms with van der Waals surface area (Å²) < 4.78 is 14.2. The number of rotatable bonds is 8. The van der Waals surface area contributed by atoms with Gasteiger partial charge in [-0.3, -0.25) is 14.5 Å². The topological polar surface area (TPSA) is 72.9 Å². The first-order valence-electron chi connectivity index (χ1n) is 14.1. The van der Waals surface area contributed by atoms with Crippen molar-refractivity contribution in [2.24, 2.45) is 0 Å². The smallest absolute Gasteiger partial charge is 0.257 e. The zero-order valence-electron chi connectivity index (χ0n) is 23.5. The van der Waals surface area contributed by atoms with Crippen LogP contribution in [-0.2, 0) is 4.79 Å². The highest BCUT2D eigenvalue weighted by molar-refractivity contribution is 7.99. The third-order valence-electron chi connectivity index (χ3n) is 7.50. The van der Waals surface area contributed by atoms with E-state index in [4.69, 9.17) is 11.6 Å². The molecular weight excluding hydrogens is 575 g/mol. The molecule has 2 aliphatic rings. The molecule has 1 unspecified atom stereocenters. The molecule has 2 saturated heterocycles. The quantitative estimate of drug-likeness (QED) is 0.211. The van der Waals surface area contributed by atoms with Gasteiger partial charge in [0.25, 0.3) is 5.91 Å². The van der Waals surface area contributed by atoms with Crippen LogP contribution in [0.25, 0.3) is 6.08 Å². The van der Waals surface area contributed by atoms with Gasteiger partial charge in [-0.15, -0.1) is 0 Å². The molecule has 2 aromatic carbocycles. The maximum absolute atomic E-state index is 14.2. The first-order valence-corrected chi connectivity index (χ1v) is 15.4. The molecule has 2 aliphatic heterocycles. The number of thioether (sulfide) groups is 1. The molecule has 5 rings (SSSR count). The summed E-state index contributed by atoms with van der Waals surface area (Å²) in [4.78, 5) is 42.8. The minimum atomic E-state index is -0.520. The van der Waals surface area contributed by atoms with Gasteiger partial charge in [-0.1, -0.05) is 78.0 Å². The van der Waals surface area contributed by atoms with Crippen molar-refractivity contribution in [1.82, 2.24) is 24.7 Å². The number of anilines is 1. The van der Waals surface area contributed by atoms with Crippen LogP contribution in [-0.4, -0.2) is 101 Å². The minimum Gasteiger partial charge on any atom is -0.353 e. The van der Waals surface area contributed by atoms with Gasteiger partial charge in [0.2, 0.25) is 5.91 Å². The Kier molecular flexibility index (Phi) is 10.1. The van der Waals surface area contributed by atoms with Gasteiger partial charge >= 0.3 is 0 Å². The van der Waals surface area contributed by atoms with Crippen molar-refractivity contribution in [3.8, 4) is 0 Å². The van der Waals surface area contributed by atoms with Crippen molar-refractivity contribution in [2.75, 3.05) is 63.0 Å². The van der Waals surface area contributed by atoms with Crippen molar-refractivity contribution in [3.63, 3.8) is 0 Å². The van der Waals surface area contributed by atoms with Crippen LogP contribution in [0.1, 0.15) is 22.8 Å². The number of carbonyl (C=O) groups excluding carboxylic acids is 2. The van der Waals surface area contributed by atoms with Crippen LogP contribution in [0.5, 0.6) is 0 Å². The number of amides is 2. The fourth-order valence-electron chi connectivity index (χ4n) is 5.17. The molecule has 0 aliphatic carbocycles. The van der Waals surface area contributed by atoms with Gasteiger partial charge in [-0.05, 0) is 24.6 Å². The second-order valence-electron chi connectivity index (χ2n) is 10.4. The molecule has 1 atom stereocenters. The number of halogens is 2. The van der Waals surface area contributed by atoms with Crippen LogP contribution in [0.4, 0.5) is 10.2 Å². The third-order valence-corrected chi connectivity index (χ3v) is 8.53. The molecule has 0 bridgehead atoms. The Bertz CT molecular complexity index is 1420. The van der Waals surface area contributed by atoms with E-state index in [1.807, 2.05) is 34.9 Å². The van der Waals surface area contributed by atoms with Crippen molar-refractivity contribution in [3.05, 3.63) is 88.8 Å². The van der Waals surface area contributed by atoms with Gasteiger partial charge in [-0.2, -0.15) is 0 Å². The van der Waals surface area contributed by atoms with Crippen LogP contribution in [0.15, 0.2) is 71.9 Å². The maximum Gasteiger partial charge on any atom is 0.257 e. The largest absolute Gasteiger partial charge is 0.353 e. The zero-order valence-corrected chi connectivity index (χ0v) is 25.1. The van der Waals surface area contributed by atoms with Gasteiger partial charge in [0, 0.05) is 64.5 Å². The molecule has 0 saturated carbocycles. The molecule has 0 N–H and O–H groups in total. The Morgan fingerprint density at radius 1 is 1.00 bits per heavy atom. The van der Waals surface area contributed by atoms with Crippen LogP contribution < -0.4 is 4.90 Å². The first kappa shape index (κ1) is 30.0. The highest BCUT2D eigenvalue weighted by atomic mass is 35.5. The predicted octanol–water partition coefficient (Wildman–Crippen LogP) is 4.57. The predicted molar refractivity (Wildman–Crippen MR) is 165 cm³/mol. The lowest BCUT2D eigenvalue weighted by Gasteiger charge is -2.40. The van der Waals surface area contributed by atoms with Crippen LogP contribution >= 0.6 is 23.4 Å². The maximum atomic E-state index is 14.2. The summed E-state index contributed by atoms with van der Waals surface area (Å²) >= 11 is 7.62. The minimum absolute atomic E-state index is 0.0542. The summed E-state index contributed by atoms with van der Waals surface area (Å²) in [5.41, 5.74) is 1.26. The number of hydrogen-bond donors (Lipinski definition) is 0. The molecule has 220 valence electrons. The summed E-state index contributed by atoms with van der Waals surface area (Å²) in [5, 5.41) is 0.734. The van der Waals surface area contributed by atoms with Gasteiger partial charge < -0.3 is 14.7 Å². The molecule has 8 nitrogen and oxygen atoms in total. The molecule has 42 heavy (non-hydrogen) atoms. The summed E-state index contributed by atoms with van der Waals surface area (Å²) in [5.74, 6) is 0.0918. The Morgan fingerprint density at radius 3 is 2.48 bits per heavy atom. The number of aromatic nitrogens is 2. The monoisotopic (exact) mass is 608 g/mol. The fourth-order valence-corrected chi connectivity index (χ4v) is 6.15. The number of benzene rings is 2. The lowest BCUT2D eigenvalue weighted by molar-refractivity contribution is -0.130. The number of hydrogen-bond acceptors (Lipinski definition) is 7. The average molecular weight is 609 g/mol. The van der Waals surface area contributed by atoms with E-state index in [0.29, 0.717) is 48.9 Å². The van der Waals surface area contributed by atoms with E-state index >= 15 is 0 Å². The SMILES string of the molecule is CC1CN(c2cc(Cl)nc(SCC(=O)N3CCN(C/C=C/c4ccccc4)CC3)n2)CCN1C(=O)c1ccccc1F. The van der Waals surface area contributed by atoms with E-state index in [1.165, 1.54) is 29.5 Å². The summed E-state index contributed by atoms with van der Waals surface area (Å²) in [6.07, 6.45) is 4.29. The normalized spacial score (nSPS) is 18.1. The van der Waals surface area contributed by atoms with Gasteiger partial charge in [0.15, 0.2) is 5.16 Å². The van der Waals surface area contributed by atoms with E-state index in [0.717, 1.165) is 19.6 Å². The summed E-state index contributed by atoms with van der Waals surface area (Å²) in [6, 6.07) is 17.8. The fraction of sp³-hybridized carbons (Fsp3) is 0.355. The number of piperazine rings is 2. The summed E-state index contributed by atoms with van der Waals surface area (Å²) in [6.45, 7) is 7.28.